The third kappa shape index (κ3) is 3.35. The van der Waals surface area contributed by atoms with Gasteiger partial charge >= 0.3 is 5.69 Å². The number of aromatic nitrogens is 3. The van der Waals surface area contributed by atoms with Gasteiger partial charge in [-0.05, 0) is 61.8 Å². The Morgan fingerprint density at radius 2 is 1.72 bits per heavy atom. The molecule has 3 aliphatic rings. The second-order valence-electron chi connectivity index (χ2n) is 9.68. The number of aromatic amines is 1. The third-order valence-electron chi connectivity index (χ3n) is 7.93. The van der Waals surface area contributed by atoms with Gasteiger partial charge in [-0.25, -0.2) is 4.79 Å². The van der Waals surface area contributed by atoms with Crippen LogP contribution in [-0.2, 0) is 0 Å². The third-order valence-corrected chi connectivity index (χ3v) is 7.93. The Hall–Kier alpha value is -2.93. The van der Waals surface area contributed by atoms with Crippen LogP contribution in [0.25, 0.3) is 11.0 Å². The topological polar surface area (TPSA) is 74.2 Å². The molecule has 0 spiro atoms. The standard InChI is InChI=1S/C25H29N5O2/c31-24(17-4-3-9-26-14-17)29-15-18-12-21(13-19(18)16-29)28-10-7-20(8-11-28)30-23-6-2-1-5-22(23)27-25(30)32/h1-6,9,14,18-21H,7-8,10-13,15-16H2,(H,27,32). The van der Waals surface area contributed by atoms with E-state index in [2.05, 4.69) is 14.9 Å². The minimum atomic E-state index is 0.0124. The van der Waals surface area contributed by atoms with Crippen LogP contribution in [0.5, 0.6) is 0 Å². The molecule has 2 aromatic heterocycles. The minimum absolute atomic E-state index is 0.0124. The maximum Gasteiger partial charge on any atom is 0.326 e. The molecule has 6 rings (SSSR count). The fourth-order valence-electron chi connectivity index (χ4n) is 6.35. The van der Waals surface area contributed by atoms with Crippen LogP contribution in [0.1, 0.15) is 42.1 Å². The van der Waals surface area contributed by atoms with Crippen LogP contribution in [0.2, 0.25) is 0 Å². The second-order valence-corrected chi connectivity index (χ2v) is 9.68. The number of carbonyl (C=O) groups excluding carboxylic acids is 1. The number of hydrogen-bond donors (Lipinski definition) is 1. The van der Waals surface area contributed by atoms with Gasteiger partial charge in [0.05, 0.1) is 16.6 Å². The first-order valence-corrected chi connectivity index (χ1v) is 11.8. The molecule has 2 atom stereocenters. The average Bonchev–Trinajstić information content (AvgIpc) is 3.50. The summed E-state index contributed by atoms with van der Waals surface area (Å²) < 4.78 is 1.97. The van der Waals surface area contributed by atoms with E-state index < -0.39 is 0 Å². The lowest BCUT2D eigenvalue weighted by Gasteiger charge is -2.37. The van der Waals surface area contributed by atoms with E-state index in [1.807, 2.05) is 45.9 Å². The van der Waals surface area contributed by atoms with E-state index in [-0.39, 0.29) is 17.6 Å². The van der Waals surface area contributed by atoms with Crippen molar-refractivity contribution in [2.24, 2.45) is 11.8 Å². The van der Waals surface area contributed by atoms with E-state index in [1.54, 1.807) is 12.4 Å². The number of H-pyrrole nitrogens is 1. The van der Waals surface area contributed by atoms with Crippen molar-refractivity contribution < 1.29 is 4.79 Å². The first-order chi connectivity index (χ1) is 15.7. The number of imidazole rings is 1. The molecule has 7 heteroatoms. The van der Waals surface area contributed by atoms with E-state index in [0.717, 1.165) is 50.1 Å². The molecular weight excluding hydrogens is 402 g/mol. The minimum Gasteiger partial charge on any atom is -0.338 e. The Labute approximate surface area is 187 Å². The van der Waals surface area contributed by atoms with E-state index >= 15 is 0 Å². The summed E-state index contributed by atoms with van der Waals surface area (Å²) in [7, 11) is 0. The van der Waals surface area contributed by atoms with Crippen molar-refractivity contribution in [3.63, 3.8) is 0 Å². The zero-order valence-corrected chi connectivity index (χ0v) is 18.2. The van der Waals surface area contributed by atoms with Crippen LogP contribution < -0.4 is 5.69 Å². The number of hydrogen-bond acceptors (Lipinski definition) is 4. The molecule has 1 amide bonds. The highest BCUT2D eigenvalue weighted by Crippen LogP contribution is 2.41. The van der Waals surface area contributed by atoms with Crippen molar-refractivity contribution >= 4 is 16.9 Å². The molecular formula is C25H29N5O2. The number of piperidine rings is 1. The second kappa shape index (κ2) is 7.89. The Bertz CT molecular complexity index is 1160. The van der Waals surface area contributed by atoms with Gasteiger partial charge in [0.1, 0.15) is 0 Å². The summed E-state index contributed by atoms with van der Waals surface area (Å²) in [6.45, 7) is 3.82. The van der Waals surface area contributed by atoms with Gasteiger partial charge in [0.25, 0.3) is 5.91 Å². The van der Waals surface area contributed by atoms with Crippen LogP contribution in [0.4, 0.5) is 0 Å². The molecule has 3 aromatic rings. The monoisotopic (exact) mass is 431 g/mol. The molecule has 7 nitrogen and oxygen atoms in total. The Morgan fingerprint density at radius 3 is 2.44 bits per heavy atom. The number of rotatable bonds is 3. The lowest BCUT2D eigenvalue weighted by molar-refractivity contribution is 0.0765. The number of fused-ring (bicyclic) bond motifs is 2. The average molecular weight is 432 g/mol. The SMILES string of the molecule is O=C(c1cccnc1)N1CC2CC(N3CCC(n4c(=O)[nH]c5ccccc54)CC3)CC2C1. The first kappa shape index (κ1) is 19.7. The molecule has 1 saturated carbocycles. The highest BCUT2D eigenvalue weighted by Gasteiger charge is 2.44. The summed E-state index contributed by atoms with van der Waals surface area (Å²) in [5, 5.41) is 0. The van der Waals surface area contributed by atoms with Gasteiger partial charge in [-0.3, -0.25) is 14.3 Å². The van der Waals surface area contributed by atoms with Crippen LogP contribution in [0.15, 0.2) is 53.6 Å². The van der Waals surface area contributed by atoms with Gasteiger partial charge in [-0.1, -0.05) is 12.1 Å². The number of nitrogens with one attached hydrogen (secondary N) is 1. The molecule has 166 valence electrons. The number of benzene rings is 1. The normalized spacial score (nSPS) is 26.6. The van der Waals surface area contributed by atoms with Gasteiger partial charge in [-0.2, -0.15) is 0 Å². The van der Waals surface area contributed by atoms with Crippen molar-refractivity contribution in [1.29, 1.82) is 0 Å². The number of pyridine rings is 1. The first-order valence-electron chi connectivity index (χ1n) is 11.8. The number of amides is 1. The molecule has 0 radical (unpaired) electrons. The Morgan fingerprint density at radius 1 is 0.969 bits per heavy atom. The molecule has 1 aliphatic carbocycles. The molecule has 1 N–H and O–H groups in total. The van der Waals surface area contributed by atoms with Crippen molar-refractivity contribution in [2.45, 2.75) is 37.8 Å². The summed E-state index contributed by atoms with van der Waals surface area (Å²) in [6, 6.07) is 12.5. The van der Waals surface area contributed by atoms with Crippen molar-refractivity contribution in [3.8, 4) is 0 Å². The highest BCUT2D eigenvalue weighted by atomic mass is 16.2. The van der Waals surface area contributed by atoms with Gasteiger partial charge < -0.3 is 14.8 Å². The molecule has 0 bridgehead atoms. The van der Waals surface area contributed by atoms with E-state index in [9.17, 15) is 9.59 Å². The summed E-state index contributed by atoms with van der Waals surface area (Å²) in [5.74, 6) is 1.33. The number of para-hydroxylation sites is 2. The predicted octanol–water partition coefficient (Wildman–Crippen LogP) is 2.91. The van der Waals surface area contributed by atoms with Crippen LogP contribution >= 0.6 is 0 Å². The van der Waals surface area contributed by atoms with E-state index in [0.29, 0.717) is 23.4 Å². The Balaban J connectivity index is 1.07. The number of carbonyl (C=O) groups is 1. The lowest BCUT2D eigenvalue weighted by Crippen LogP contribution is -2.42. The van der Waals surface area contributed by atoms with Crippen molar-refractivity contribution in [1.82, 2.24) is 24.3 Å². The maximum absolute atomic E-state index is 12.8. The highest BCUT2D eigenvalue weighted by molar-refractivity contribution is 5.94. The van der Waals surface area contributed by atoms with Gasteiger partial charge in [0, 0.05) is 50.7 Å². The number of likely N-dealkylation sites (tertiary alicyclic amines) is 2. The molecule has 2 saturated heterocycles. The van der Waals surface area contributed by atoms with E-state index in [1.165, 1.54) is 12.8 Å². The van der Waals surface area contributed by atoms with Crippen molar-refractivity contribution in [3.05, 3.63) is 64.8 Å². The largest absolute Gasteiger partial charge is 0.338 e. The zero-order chi connectivity index (χ0) is 21.7. The Kier molecular flexibility index (Phi) is 4.86. The summed E-state index contributed by atoms with van der Waals surface area (Å²) in [5.41, 5.74) is 2.65. The summed E-state index contributed by atoms with van der Waals surface area (Å²) >= 11 is 0. The molecule has 2 unspecified atom stereocenters. The van der Waals surface area contributed by atoms with Crippen molar-refractivity contribution in [2.75, 3.05) is 26.2 Å². The lowest BCUT2D eigenvalue weighted by atomic mass is 10.0. The zero-order valence-electron chi connectivity index (χ0n) is 18.2. The predicted molar refractivity (Wildman–Crippen MR) is 123 cm³/mol. The molecule has 32 heavy (non-hydrogen) atoms. The van der Waals surface area contributed by atoms with Crippen LogP contribution in [0.3, 0.4) is 0 Å². The maximum atomic E-state index is 12.8. The molecule has 3 fully saturated rings. The molecule has 2 aliphatic heterocycles. The van der Waals surface area contributed by atoms with Gasteiger partial charge in [-0.15, -0.1) is 0 Å². The molecule has 4 heterocycles. The quantitative estimate of drug-likeness (QED) is 0.692. The summed E-state index contributed by atoms with van der Waals surface area (Å²) in [6.07, 6.45) is 7.76. The van der Waals surface area contributed by atoms with Gasteiger partial charge in [0.15, 0.2) is 0 Å². The summed E-state index contributed by atoms with van der Waals surface area (Å²) in [4.78, 5) is 37.1. The molecule has 1 aromatic carbocycles. The fraction of sp³-hybridized carbons (Fsp3) is 0.480. The smallest absolute Gasteiger partial charge is 0.326 e. The fourth-order valence-corrected chi connectivity index (χ4v) is 6.35. The van der Waals surface area contributed by atoms with Crippen LogP contribution in [0, 0.1) is 11.8 Å². The van der Waals surface area contributed by atoms with Gasteiger partial charge in [0.2, 0.25) is 0 Å². The van der Waals surface area contributed by atoms with E-state index in [4.69, 9.17) is 0 Å². The number of nitrogens with zero attached hydrogens (tertiary/aromatic N) is 4. The van der Waals surface area contributed by atoms with Crippen LogP contribution in [-0.4, -0.2) is 62.5 Å².